The second kappa shape index (κ2) is 10.1. The predicted molar refractivity (Wildman–Crippen MR) is 123 cm³/mol. The molecule has 0 atom stereocenters. The first-order valence-electron chi connectivity index (χ1n) is 11.2. The van der Waals surface area contributed by atoms with Crippen molar-refractivity contribution in [2.75, 3.05) is 51.6 Å². The molecule has 2 heterocycles. The fraction of sp³-hybridized carbons (Fsp3) is 0.440. The molecular formula is C25H32N4O2. The summed E-state index contributed by atoms with van der Waals surface area (Å²) in [5, 5.41) is 3.04. The zero-order valence-corrected chi connectivity index (χ0v) is 18.3. The Morgan fingerprint density at radius 3 is 2.16 bits per heavy atom. The van der Waals surface area contributed by atoms with Crippen LogP contribution in [-0.4, -0.2) is 72.8 Å². The van der Waals surface area contributed by atoms with Gasteiger partial charge in [0.15, 0.2) is 0 Å². The summed E-state index contributed by atoms with van der Waals surface area (Å²) >= 11 is 0. The van der Waals surface area contributed by atoms with Gasteiger partial charge in [-0.25, -0.2) is 0 Å². The Hall–Kier alpha value is -2.70. The number of likely N-dealkylation sites (N-methyl/N-ethyl adjacent to an activating group) is 1. The van der Waals surface area contributed by atoms with Crippen LogP contribution in [-0.2, 0) is 11.3 Å². The number of benzene rings is 2. The molecule has 164 valence electrons. The monoisotopic (exact) mass is 420 g/mol. The maximum absolute atomic E-state index is 12.7. The minimum absolute atomic E-state index is 0.0404. The highest BCUT2D eigenvalue weighted by molar-refractivity contribution is 5.96. The Bertz CT molecular complexity index is 868. The molecule has 0 unspecified atom stereocenters. The Kier molecular flexibility index (Phi) is 6.99. The second-order valence-electron chi connectivity index (χ2n) is 8.70. The van der Waals surface area contributed by atoms with Crippen LogP contribution >= 0.6 is 0 Å². The van der Waals surface area contributed by atoms with Gasteiger partial charge in [-0.1, -0.05) is 30.3 Å². The number of nitrogens with one attached hydrogen (secondary N) is 1. The summed E-state index contributed by atoms with van der Waals surface area (Å²) in [5.41, 5.74) is 2.75. The number of hydrogen-bond acceptors (Lipinski definition) is 4. The van der Waals surface area contributed by atoms with Gasteiger partial charge >= 0.3 is 0 Å². The van der Waals surface area contributed by atoms with Gasteiger partial charge in [0.25, 0.3) is 5.91 Å². The molecule has 4 rings (SSSR count). The molecule has 2 aromatic rings. The van der Waals surface area contributed by atoms with Crippen LogP contribution in [0.15, 0.2) is 54.6 Å². The van der Waals surface area contributed by atoms with Gasteiger partial charge in [0.2, 0.25) is 5.91 Å². The van der Waals surface area contributed by atoms with Gasteiger partial charge in [-0.3, -0.25) is 14.5 Å². The lowest BCUT2D eigenvalue weighted by Crippen LogP contribution is -2.47. The number of likely N-dealkylation sites (tertiary alicyclic amines) is 1. The zero-order chi connectivity index (χ0) is 21.6. The first-order chi connectivity index (χ1) is 15.1. The highest BCUT2D eigenvalue weighted by Crippen LogP contribution is 2.21. The van der Waals surface area contributed by atoms with Crippen molar-refractivity contribution in [3.8, 4) is 0 Å². The smallest absolute Gasteiger partial charge is 0.253 e. The summed E-state index contributed by atoms with van der Waals surface area (Å²) in [4.78, 5) is 31.9. The summed E-state index contributed by atoms with van der Waals surface area (Å²) < 4.78 is 0. The number of nitrogens with zero attached hydrogens (tertiary/aromatic N) is 3. The van der Waals surface area contributed by atoms with Crippen LogP contribution in [0.3, 0.4) is 0 Å². The molecule has 2 aliphatic rings. The van der Waals surface area contributed by atoms with Crippen molar-refractivity contribution in [2.24, 2.45) is 5.92 Å². The number of carbonyl (C=O) groups excluding carboxylic acids is 2. The number of anilines is 1. The summed E-state index contributed by atoms with van der Waals surface area (Å²) in [7, 11) is 2.08. The minimum atomic E-state index is 0.0404. The zero-order valence-electron chi connectivity index (χ0n) is 18.3. The van der Waals surface area contributed by atoms with E-state index in [-0.39, 0.29) is 17.7 Å². The molecule has 0 aliphatic carbocycles. The third kappa shape index (κ3) is 5.71. The molecule has 6 heteroatoms. The van der Waals surface area contributed by atoms with Crippen LogP contribution in [0.5, 0.6) is 0 Å². The third-order valence-electron chi connectivity index (χ3n) is 6.40. The van der Waals surface area contributed by atoms with Gasteiger partial charge < -0.3 is 15.1 Å². The summed E-state index contributed by atoms with van der Waals surface area (Å²) in [6.07, 6.45) is 1.75. The third-order valence-corrected chi connectivity index (χ3v) is 6.40. The van der Waals surface area contributed by atoms with E-state index in [9.17, 15) is 9.59 Å². The topological polar surface area (TPSA) is 55.9 Å². The van der Waals surface area contributed by atoms with Crippen molar-refractivity contribution in [3.63, 3.8) is 0 Å². The molecule has 2 aromatic carbocycles. The van der Waals surface area contributed by atoms with Gasteiger partial charge in [-0.15, -0.1) is 0 Å². The molecule has 1 N–H and O–H groups in total. The number of amides is 2. The lowest BCUT2D eigenvalue weighted by atomic mass is 9.95. The molecule has 2 fully saturated rings. The maximum atomic E-state index is 12.7. The van der Waals surface area contributed by atoms with Crippen molar-refractivity contribution >= 4 is 17.5 Å². The van der Waals surface area contributed by atoms with Gasteiger partial charge in [0.1, 0.15) is 0 Å². The van der Waals surface area contributed by atoms with Gasteiger partial charge in [-0.05, 0) is 62.8 Å². The number of carbonyl (C=O) groups is 2. The second-order valence-corrected chi connectivity index (χ2v) is 8.70. The molecule has 31 heavy (non-hydrogen) atoms. The van der Waals surface area contributed by atoms with E-state index in [1.807, 2.05) is 35.2 Å². The molecular weight excluding hydrogens is 388 g/mol. The van der Waals surface area contributed by atoms with E-state index in [0.29, 0.717) is 5.56 Å². The number of piperidine rings is 1. The molecule has 0 saturated carbocycles. The van der Waals surface area contributed by atoms with Crippen molar-refractivity contribution < 1.29 is 9.59 Å². The molecule has 2 amide bonds. The van der Waals surface area contributed by atoms with E-state index in [2.05, 4.69) is 46.4 Å². The first kappa shape index (κ1) is 21.5. The van der Waals surface area contributed by atoms with Gasteiger partial charge in [-0.2, -0.15) is 0 Å². The summed E-state index contributed by atoms with van der Waals surface area (Å²) in [5.74, 6) is 0.188. The van der Waals surface area contributed by atoms with E-state index in [4.69, 9.17) is 0 Å². The van der Waals surface area contributed by atoms with Crippen LogP contribution < -0.4 is 5.32 Å². The molecule has 6 nitrogen and oxygen atoms in total. The SMILES string of the molecule is CN1CCN(C(=O)c2ccc(NC(=O)C3CCN(Cc4ccccc4)CC3)cc2)CC1. The maximum Gasteiger partial charge on any atom is 0.253 e. The minimum Gasteiger partial charge on any atom is -0.336 e. The average Bonchev–Trinajstić information content (AvgIpc) is 2.81. The Morgan fingerprint density at radius 2 is 1.52 bits per heavy atom. The van der Waals surface area contributed by atoms with E-state index in [1.54, 1.807) is 0 Å². The highest BCUT2D eigenvalue weighted by Gasteiger charge is 2.25. The molecule has 2 aliphatic heterocycles. The van der Waals surface area contributed by atoms with Crippen molar-refractivity contribution in [3.05, 3.63) is 65.7 Å². The normalized spacial score (nSPS) is 18.7. The lowest BCUT2D eigenvalue weighted by molar-refractivity contribution is -0.121. The largest absolute Gasteiger partial charge is 0.336 e. The van der Waals surface area contributed by atoms with E-state index < -0.39 is 0 Å². The Balaban J connectivity index is 1.25. The summed E-state index contributed by atoms with van der Waals surface area (Å²) in [6.45, 7) is 6.15. The van der Waals surface area contributed by atoms with Crippen molar-refractivity contribution in [2.45, 2.75) is 19.4 Å². The fourth-order valence-electron chi connectivity index (χ4n) is 4.33. The van der Waals surface area contributed by atoms with E-state index in [1.165, 1.54) is 5.56 Å². The van der Waals surface area contributed by atoms with Gasteiger partial charge in [0.05, 0.1) is 0 Å². The molecule has 0 aromatic heterocycles. The van der Waals surface area contributed by atoms with Crippen molar-refractivity contribution in [1.29, 1.82) is 0 Å². The predicted octanol–water partition coefficient (Wildman–Crippen LogP) is 2.92. The quantitative estimate of drug-likeness (QED) is 0.808. The molecule has 0 spiro atoms. The van der Waals surface area contributed by atoms with Crippen LogP contribution in [0.25, 0.3) is 0 Å². The van der Waals surface area contributed by atoms with Crippen LogP contribution in [0.1, 0.15) is 28.8 Å². The van der Waals surface area contributed by atoms with Crippen LogP contribution in [0, 0.1) is 5.92 Å². The average molecular weight is 421 g/mol. The fourth-order valence-corrected chi connectivity index (χ4v) is 4.33. The molecule has 2 saturated heterocycles. The van der Waals surface area contributed by atoms with Gasteiger partial charge in [0, 0.05) is 49.9 Å². The standard InChI is InChI=1S/C25H32N4O2/c1-27-15-17-29(18-16-27)25(31)22-7-9-23(10-8-22)26-24(30)21-11-13-28(14-12-21)19-20-5-3-2-4-6-20/h2-10,21H,11-19H2,1H3,(H,26,30). The number of rotatable bonds is 5. The van der Waals surface area contributed by atoms with Crippen LogP contribution in [0.4, 0.5) is 5.69 Å². The Labute approximate surface area is 184 Å². The Morgan fingerprint density at radius 1 is 0.871 bits per heavy atom. The number of piperazine rings is 1. The lowest BCUT2D eigenvalue weighted by Gasteiger charge is -2.32. The highest BCUT2D eigenvalue weighted by atomic mass is 16.2. The molecule has 0 radical (unpaired) electrons. The van der Waals surface area contributed by atoms with Crippen molar-refractivity contribution in [1.82, 2.24) is 14.7 Å². The van der Waals surface area contributed by atoms with E-state index >= 15 is 0 Å². The van der Waals surface area contributed by atoms with E-state index in [0.717, 1.165) is 64.3 Å². The summed E-state index contributed by atoms with van der Waals surface area (Å²) in [6, 6.07) is 17.8. The molecule has 0 bridgehead atoms. The first-order valence-corrected chi connectivity index (χ1v) is 11.2. The number of hydrogen-bond donors (Lipinski definition) is 1. The van der Waals surface area contributed by atoms with Crippen LogP contribution in [0.2, 0.25) is 0 Å².